The molecular formula is C13H17BrClNO. The van der Waals surface area contributed by atoms with Crippen molar-refractivity contribution in [2.45, 2.75) is 38.1 Å². The van der Waals surface area contributed by atoms with Gasteiger partial charge in [0.15, 0.2) is 0 Å². The molecule has 0 heterocycles. The number of halogens is 2. The van der Waals surface area contributed by atoms with Crippen LogP contribution in [0.4, 0.5) is 0 Å². The third kappa shape index (κ3) is 3.71. The number of alkyl halides is 1. The van der Waals surface area contributed by atoms with E-state index in [2.05, 4.69) is 21.2 Å². The predicted octanol–water partition coefficient (Wildman–Crippen LogP) is 3.94. The number of carbonyl (C=O) groups is 1. The van der Waals surface area contributed by atoms with Gasteiger partial charge in [-0.2, -0.15) is 0 Å². The van der Waals surface area contributed by atoms with Crippen LogP contribution >= 0.6 is 27.5 Å². The van der Waals surface area contributed by atoms with Crippen LogP contribution in [-0.4, -0.2) is 16.3 Å². The Morgan fingerprint density at radius 3 is 2.53 bits per heavy atom. The SMILES string of the molecule is Cc1cc(Cl)ccc1C(=O)NC(C)(C)C(C)Br. The molecule has 1 rings (SSSR count). The van der Waals surface area contributed by atoms with E-state index in [1.54, 1.807) is 18.2 Å². The molecule has 0 aromatic heterocycles. The van der Waals surface area contributed by atoms with Gasteiger partial charge < -0.3 is 5.32 Å². The predicted molar refractivity (Wildman–Crippen MR) is 76.1 cm³/mol. The zero-order valence-electron chi connectivity index (χ0n) is 10.5. The summed E-state index contributed by atoms with van der Waals surface area (Å²) in [5.41, 5.74) is 1.24. The standard InChI is InChI=1S/C13H17BrClNO/c1-8-7-10(15)5-6-11(8)12(17)16-13(3,4)9(2)14/h5-7,9H,1-4H3,(H,16,17). The van der Waals surface area contributed by atoms with Gasteiger partial charge >= 0.3 is 0 Å². The number of hydrogen-bond acceptors (Lipinski definition) is 1. The van der Waals surface area contributed by atoms with Gasteiger partial charge in [0.05, 0.1) is 0 Å². The zero-order valence-corrected chi connectivity index (χ0v) is 12.8. The summed E-state index contributed by atoms with van der Waals surface area (Å²) in [5.74, 6) is -0.0736. The minimum Gasteiger partial charge on any atom is -0.346 e. The number of nitrogens with one attached hydrogen (secondary N) is 1. The summed E-state index contributed by atoms with van der Waals surface area (Å²) < 4.78 is 0. The second-order valence-electron chi connectivity index (χ2n) is 4.75. The first-order valence-corrected chi connectivity index (χ1v) is 6.76. The summed E-state index contributed by atoms with van der Waals surface area (Å²) in [6, 6.07) is 5.27. The molecule has 1 atom stereocenters. The average molecular weight is 319 g/mol. The Bertz CT molecular complexity index is 429. The second-order valence-corrected chi connectivity index (χ2v) is 6.56. The van der Waals surface area contributed by atoms with Gasteiger partial charge in [-0.1, -0.05) is 34.5 Å². The first-order chi connectivity index (χ1) is 7.74. The molecule has 0 fully saturated rings. The van der Waals surface area contributed by atoms with E-state index in [4.69, 9.17) is 11.6 Å². The molecule has 0 radical (unpaired) electrons. The summed E-state index contributed by atoms with van der Waals surface area (Å²) in [5, 5.41) is 3.65. The van der Waals surface area contributed by atoms with E-state index in [9.17, 15) is 4.79 Å². The Labute approximate surface area is 116 Å². The van der Waals surface area contributed by atoms with Gasteiger partial charge in [-0.3, -0.25) is 4.79 Å². The molecule has 0 aliphatic carbocycles. The summed E-state index contributed by atoms with van der Waals surface area (Å²) in [4.78, 5) is 12.3. The Balaban J connectivity index is 2.91. The molecule has 1 N–H and O–H groups in total. The number of aryl methyl sites for hydroxylation is 1. The smallest absolute Gasteiger partial charge is 0.251 e. The van der Waals surface area contributed by atoms with Crippen molar-refractivity contribution in [2.24, 2.45) is 0 Å². The second kappa shape index (κ2) is 5.40. The topological polar surface area (TPSA) is 29.1 Å². The number of carbonyl (C=O) groups excluding carboxylic acids is 1. The minimum absolute atomic E-state index is 0.0736. The Morgan fingerprint density at radius 1 is 1.47 bits per heavy atom. The molecular weight excluding hydrogens is 302 g/mol. The van der Waals surface area contributed by atoms with Gasteiger partial charge in [-0.25, -0.2) is 0 Å². The lowest BCUT2D eigenvalue weighted by Crippen LogP contribution is -2.49. The maximum atomic E-state index is 12.1. The molecule has 94 valence electrons. The molecule has 0 aliphatic heterocycles. The molecule has 0 bridgehead atoms. The maximum absolute atomic E-state index is 12.1. The fourth-order valence-electron chi connectivity index (χ4n) is 1.34. The average Bonchev–Trinajstić information content (AvgIpc) is 2.15. The summed E-state index contributed by atoms with van der Waals surface area (Å²) in [7, 11) is 0. The van der Waals surface area contributed by atoms with Gasteiger partial charge in [0, 0.05) is 21.0 Å². The summed E-state index contributed by atoms with van der Waals surface area (Å²) in [6.07, 6.45) is 0. The van der Waals surface area contributed by atoms with E-state index in [1.807, 2.05) is 27.7 Å². The summed E-state index contributed by atoms with van der Waals surface area (Å²) >= 11 is 9.36. The van der Waals surface area contributed by atoms with Crippen LogP contribution in [0, 0.1) is 6.92 Å². The van der Waals surface area contributed by atoms with E-state index < -0.39 is 0 Å². The molecule has 1 unspecified atom stereocenters. The van der Waals surface area contributed by atoms with Crippen LogP contribution in [-0.2, 0) is 0 Å². The normalized spacial score (nSPS) is 13.3. The number of hydrogen-bond donors (Lipinski definition) is 1. The van der Waals surface area contributed by atoms with Crippen molar-refractivity contribution in [3.63, 3.8) is 0 Å². The number of amides is 1. The third-order valence-corrected chi connectivity index (χ3v) is 4.24. The molecule has 1 aromatic carbocycles. The van der Waals surface area contributed by atoms with Gasteiger partial charge in [-0.05, 0) is 44.5 Å². The van der Waals surface area contributed by atoms with E-state index in [0.29, 0.717) is 10.6 Å². The minimum atomic E-state index is -0.302. The van der Waals surface area contributed by atoms with Crippen molar-refractivity contribution in [2.75, 3.05) is 0 Å². The third-order valence-electron chi connectivity index (χ3n) is 2.86. The van der Waals surface area contributed by atoms with Crippen LogP contribution in [0.3, 0.4) is 0 Å². The van der Waals surface area contributed by atoms with Gasteiger partial charge in [0.25, 0.3) is 5.91 Å². The lowest BCUT2D eigenvalue weighted by atomic mass is 10.00. The molecule has 1 amide bonds. The Hall–Kier alpha value is -0.540. The highest BCUT2D eigenvalue weighted by Crippen LogP contribution is 2.19. The van der Waals surface area contributed by atoms with Gasteiger partial charge in [-0.15, -0.1) is 0 Å². The molecule has 0 saturated carbocycles. The van der Waals surface area contributed by atoms with Crippen LogP contribution < -0.4 is 5.32 Å². The molecule has 0 spiro atoms. The largest absolute Gasteiger partial charge is 0.346 e. The van der Waals surface area contributed by atoms with Crippen LogP contribution in [0.25, 0.3) is 0 Å². The quantitative estimate of drug-likeness (QED) is 0.840. The van der Waals surface area contributed by atoms with Crippen molar-refractivity contribution in [3.8, 4) is 0 Å². The van der Waals surface area contributed by atoms with Crippen molar-refractivity contribution < 1.29 is 4.79 Å². The van der Waals surface area contributed by atoms with Crippen LogP contribution in [0.5, 0.6) is 0 Å². The van der Waals surface area contributed by atoms with E-state index in [0.717, 1.165) is 5.56 Å². The van der Waals surface area contributed by atoms with Crippen LogP contribution in [0.15, 0.2) is 18.2 Å². The van der Waals surface area contributed by atoms with Crippen molar-refractivity contribution in [3.05, 3.63) is 34.3 Å². The molecule has 1 aromatic rings. The Morgan fingerprint density at radius 2 is 2.06 bits per heavy atom. The molecule has 4 heteroatoms. The molecule has 17 heavy (non-hydrogen) atoms. The number of rotatable bonds is 3. The first kappa shape index (κ1) is 14.5. The van der Waals surface area contributed by atoms with E-state index >= 15 is 0 Å². The maximum Gasteiger partial charge on any atom is 0.251 e. The highest BCUT2D eigenvalue weighted by atomic mass is 79.9. The lowest BCUT2D eigenvalue weighted by Gasteiger charge is -2.29. The molecule has 2 nitrogen and oxygen atoms in total. The monoisotopic (exact) mass is 317 g/mol. The fourth-order valence-corrected chi connectivity index (χ4v) is 1.68. The Kier molecular flexibility index (Phi) is 4.62. The van der Waals surface area contributed by atoms with Crippen LogP contribution in [0.2, 0.25) is 5.02 Å². The highest BCUT2D eigenvalue weighted by Gasteiger charge is 2.26. The zero-order chi connectivity index (χ0) is 13.2. The van der Waals surface area contributed by atoms with E-state index in [1.165, 1.54) is 0 Å². The van der Waals surface area contributed by atoms with Gasteiger partial charge in [0.1, 0.15) is 0 Å². The van der Waals surface area contributed by atoms with E-state index in [-0.39, 0.29) is 16.3 Å². The van der Waals surface area contributed by atoms with Crippen molar-refractivity contribution in [1.82, 2.24) is 5.32 Å². The number of benzene rings is 1. The highest BCUT2D eigenvalue weighted by molar-refractivity contribution is 9.09. The summed E-state index contributed by atoms with van der Waals surface area (Å²) in [6.45, 7) is 7.85. The lowest BCUT2D eigenvalue weighted by molar-refractivity contribution is 0.0913. The molecule has 0 saturated heterocycles. The van der Waals surface area contributed by atoms with Crippen LogP contribution in [0.1, 0.15) is 36.7 Å². The molecule has 0 aliphatic rings. The fraction of sp³-hybridized carbons (Fsp3) is 0.462. The van der Waals surface area contributed by atoms with Crippen molar-refractivity contribution in [1.29, 1.82) is 0 Å². The van der Waals surface area contributed by atoms with Gasteiger partial charge in [0.2, 0.25) is 0 Å². The first-order valence-electron chi connectivity index (χ1n) is 5.47. The van der Waals surface area contributed by atoms with Crippen molar-refractivity contribution >= 4 is 33.4 Å².